The number of halogens is 2. The van der Waals surface area contributed by atoms with E-state index in [0.29, 0.717) is 5.95 Å². The van der Waals surface area contributed by atoms with E-state index in [9.17, 15) is 13.6 Å². The molecule has 3 rings (SSSR count). The number of carbonyl (C=O) groups is 1. The predicted molar refractivity (Wildman–Crippen MR) is 85.5 cm³/mol. The normalized spacial score (nSPS) is 20.4. The van der Waals surface area contributed by atoms with Gasteiger partial charge in [0.05, 0.1) is 0 Å². The summed E-state index contributed by atoms with van der Waals surface area (Å²) in [5.41, 5.74) is 0.131. The molecule has 1 fully saturated rings. The fourth-order valence-corrected chi connectivity index (χ4v) is 2.84. The molecule has 0 unspecified atom stereocenters. The van der Waals surface area contributed by atoms with Gasteiger partial charge in [0.2, 0.25) is 5.95 Å². The lowest BCUT2D eigenvalue weighted by atomic mass is 9.91. The lowest BCUT2D eigenvalue weighted by Gasteiger charge is -2.29. The highest BCUT2D eigenvalue weighted by Gasteiger charge is 2.23. The Hall–Kier alpha value is -2.57. The van der Waals surface area contributed by atoms with Crippen LogP contribution in [0.25, 0.3) is 0 Å². The third-order valence-electron chi connectivity index (χ3n) is 4.14. The summed E-state index contributed by atoms with van der Waals surface area (Å²) >= 11 is 0. The molecule has 0 spiro atoms. The second kappa shape index (κ2) is 7.33. The highest BCUT2D eigenvalue weighted by Crippen LogP contribution is 2.21. The minimum atomic E-state index is -1.02. The quantitative estimate of drug-likeness (QED) is 0.903. The zero-order valence-electron chi connectivity index (χ0n) is 13.0. The van der Waals surface area contributed by atoms with E-state index in [-0.39, 0.29) is 23.6 Å². The van der Waals surface area contributed by atoms with Crippen LogP contribution < -0.4 is 10.6 Å². The van der Waals surface area contributed by atoms with Crippen LogP contribution in [-0.2, 0) is 0 Å². The van der Waals surface area contributed by atoms with E-state index in [0.717, 1.165) is 37.8 Å². The summed E-state index contributed by atoms with van der Waals surface area (Å²) in [7, 11) is 0. The van der Waals surface area contributed by atoms with Gasteiger partial charge in [0.15, 0.2) is 11.6 Å². The molecule has 1 saturated carbocycles. The van der Waals surface area contributed by atoms with Crippen molar-refractivity contribution in [3.63, 3.8) is 0 Å². The summed E-state index contributed by atoms with van der Waals surface area (Å²) in [6.07, 6.45) is 6.73. The number of hydrogen-bond donors (Lipinski definition) is 2. The smallest absolute Gasteiger partial charge is 0.251 e. The Labute approximate surface area is 138 Å². The van der Waals surface area contributed by atoms with Gasteiger partial charge in [0, 0.05) is 30.0 Å². The first-order valence-corrected chi connectivity index (χ1v) is 7.91. The molecule has 0 aliphatic heterocycles. The lowest BCUT2D eigenvalue weighted by molar-refractivity contribution is 0.0926. The number of benzene rings is 1. The Kier molecular flexibility index (Phi) is 4.98. The minimum absolute atomic E-state index is 0.0281. The molecule has 0 atom stereocenters. The summed E-state index contributed by atoms with van der Waals surface area (Å²) in [5.74, 6) is -1.75. The van der Waals surface area contributed by atoms with E-state index in [1.807, 2.05) is 0 Å². The molecule has 2 aromatic rings. The van der Waals surface area contributed by atoms with E-state index in [1.165, 1.54) is 6.07 Å². The van der Waals surface area contributed by atoms with Gasteiger partial charge < -0.3 is 10.6 Å². The van der Waals surface area contributed by atoms with Gasteiger partial charge in [-0.1, -0.05) is 0 Å². The first-order chi connectivity index (χ1) is 11.6. The van der Waals surface area contributed by atoms with Crippen LogP contribution in [0.5, 0.6) is 0 Å². The van der Waals surface area contributed by atoms with Crippen molar-refractivity contribution in [2.75, 3.05) is 5.32 Å². The monoisotopic (exact) mass is 332 g/mol. The number of aromatic nitrogens is 2. The maximum absolute atomic E-state index is 13.2. The number of hydrogen-bond acceptors (Lipinski definition) is 4. The Morgan fingerprint density at radius 1 is 1.00 bits per heavy atom. The van der Waals surface area contributed by atoms with Gasteiger partial charge in [-0.2, -0.15) is 0 Å². The summed E-state index contributed by atoms with van der Waals surface area (Å²) in [5, 5.41) is 6.15. The number of anilines is 1. The van der Waals surface area contributed by atoms with Crippen LogP contribution >= 0.6 is 0 Å². The summed E-state index contributed by atoms with van der Waals surface area (Å²) in [4.78, 5) is 20.4. The van der Waals surface area contributed by atoms with Crippen molar-refractivity contribution in [2.45, 2.75) is 37.8 Å². The van der Waals surface area contributed by atoms with Crippen molar-refractivity contribution in [1.82, 2.24) is 15.3 Å². The van der Waals surface area contributed by atoms with Crippen LogP contribution in [0, 0.1) is 11.6 Å². The molecular weight excluding hydrogens is 314 g/mol. The van der Waals surface area contributed by atoms with Crippen molar-refractivity contribution < 1.29 is 13.6 Å². The van der Waals surface area contributed by atoms with Gasteiger partial charge in [0.25, 0.3) is 5.91 Å². The van der Waals surface area contributed by atoms with E-state index < -0.39 is 11.6 Å². The van der Waals surface area contributed by atoms with Gasteiger partial charge in [-0.25, -0.2) is 18.7 Å². The third kappa shape index (κ3) is 4.04. The molecule has 1 amide bonds. The Morgan fingerprint density at radius 3 is 2.33 bits per heavy atom. The molecule has 7 heteroatoms. The molecule has 0 saturated heterocycles. The van der Waals surface area contributed by atoms with Crippen molar-refractivity contribution in [2.24, 2.45) is 0 Å². The third-order valence-corrected chi connectivity index (χ3v) is 4.14. The molecular formula is C17H18F2N4O. The summed E-state index contributed by atoms with van der Waals surface area (Å²) in [6, 6.07) is 5.23. The fraction of sp³-hybridized carbons (Fsp3) is 0.353. The van der Waals surface area contributed by atoms with Crippen molar-refractivity contribution in [3.8, 4) is 0 Å². The summed E-state index contributed by atoms with van der Waals surface area (Å²) < 4.78 is 26.1. The van der Waals surface area contributed by atoms with Crippen molar-refractivity contribution in [1.29, 1.82) is 0 Å². The second-order valence-electron chi connectivity index (χ2n) is 5.87. The SMILES string of the molecule is O=C(NC1CCC(Nc2ncccn2)CC1)c1ccc(F)c(F)c1. The van der Waals surface area contributed by atoms with Gasteiger partial charge in [-0.05, 0) is 49.9 Å². The molecule has 24 heavy (non-hydrogen) atoms. The first-order valence-electron chi connectivity index (χ1n) is 7.91. The van der Waals surface area contributed by atoms with Crippen LogP contribution in [0.1, 0.15) is 36.0 Å². The maximum atomic E-state index is 13.2. The largest absolute Gasteiger partial charge is 0.351 e. The Balaban J connectivity index is 1.50. The van der Waals surface area contributed by atoms with Gasteiger partial charge in [-0.15, -0.1) is 0 Å². The molecule has 126 valence electrons. The van der Waals surface area contributed by atoms with Crippen LogP contribution in [0.4, 0.5) is 14.7 Å². The van der Waals surface area contributed by atoms with E-state index in [1.54, 1.807) is 18.5 Å². The molecule has 0 radical (unpaired) electrons. The molecule has 1 aromatic heterocycles. The van der Waals surface area contributed by atoms with E-state index in [2.05, 4.69) is 20.6 Å². The van der Waals surface area contributed by atoms with Crippen LogP contribution in [0.3, 0.4) is 0 Å². The number of nitrogens with zero attached hydrogens (tertiary/aromatic N) is 2. The highest BCUT2D eigenvalue weighted by atomic mass is 19.2. The topological polar surface area (TPSA) is 66.9 Å². The Morgan fingerprint density at radius 2 is 1.67 bits per heavy atom. The van der Waals surface area contributed by atoms with Crippen LogP contribution in [-0.4, -0.2) is 28.0 Å². The number of rotatable bonds is 4. The van der Waals surface area contributed by atoms with Crippen LogP contribution in [0.2, 0.25) is 0 Å². The number of amides is 1. The average molecular weight is 332 g/mol. The summed E-state index contributed by atoms with van der Waals surface area (Å²) in [6.45, 7) is 0. The number of carbonyl (C=O) groups excluding carboxylic acids is 1. The lowest BCUT2D eigenvalue weighted by Crippen LogP contribution is -2.40. The van der Waals surface area contributed by atoms with Crippen LogP contribution in [0.15, 0.2) is 36.7 Å². The average Bonchev–Trinajstić information content (AvgIpc) is 2.60. The molecule has 0 bridgehead atoms. The second-order valence-corrected chi connectivity index (χ2v) is 5.87. The zero-order valence-corrected chi connectivity index (χ0v) is 13.0. The number of nitrogens with one attached hydrogen (secondary N) is 2. The maximum Gasteiger partial charge on any atom is 0.251 e. The van der Waals surface area contributed by atoms with Gasteiger partial charge in [0.1, 0.15) is 0 Å². The van der Waals surface area contributed by atoms with E-state index in [4.69, 9.17) is 0 Å². The molecule has 1 heterocycles. The predicted octanol–water partition coefficient (Wildman–Crippen LogP) is 2.91. The van der Waals surface area contributed by atoms with Gasteiger partial charge in [-0.3, -0.25) is 4.79 Å². The highest BCUT2D eigenvalue weighted by molar-refractivity contribution is 5.94. The molecule has 1 aromatic carbocycles. The molecule has 5 nitrogen and oxygen atoms in total. The van der Waals surface area contributed by atoms with Gasteiger partial charge >= 0.3 is 0 Å². The minimum Gasteiger partial charge on any atom is -0.351 e. The molecule has 2 N–H and O–H groups in total. The van der Waals surface area contributed by atoms with E-state index >= 15 is 0 Å². The van der Waals surface area contributed by atoms with Crippen molar-refractivity contribution in [3.05, 3.63) is 53.9 Å². The Bertz CT molecular complexity index is 703. The molecule has 1 aliphatic rings. The fourth-order valence-electron chi connectivity index (χ4n) is 2.84. The molecule has 1 aliphatic carbocycles. The zero-order chi connectivity index (χ0) is 16.9. The first kappa shape index (κ1) is 16.3. The van der Waals surface area contributed by atoms with Crippen molar-refractivity contribution >= 4 is 11.9 Å². The standard InChI is InChI=1S/C17H18F2N4O/c18-14-7-2-11(10-15(14)19)16(24)22-12-3-5-13(6-4-12)23-17-20-8-1-9-21-17/h1-2,7-10,12-13H,3-6H2,(H,22,24)(H,20,21,23).